The molecule has 0 unspecified atom stereocenters. The van der Waals surface area contributed by atoms with Crippen molar-refractivity contribution in [2.75, 3.05) is 20.3 Å². The van der Waals surface area contributed by atoms with Crippen molar-refractivity contribution in [3.05, 3.63) is 34.7 Å². The lowest BCUT2D eigenvalue weighted by atomic mass is 9.76. The second-order valence-corrected chi connectivity index (χ2v) is 8.45. The number of ether oxygens (including phenoxy) is 2. The molecule has 0 bridgehead atoms. The molecule has 1 fully saturated rings. The van der Waals surface area contributed by atoms with E-state index in [9.17, 15) is 4.79 Å². The van der Waals surface area contributed by atoms with E-state index >= 15 is 0 Å². The molecule has 5 nitrogen and oxygen atoms in total. The number of fused-ring (bicyclic) bond motifs is 1. The molecule has 0 saturated heterocycles. The second-order valence-electron chi connectivity index (χ2n) is 7.16. The maximum atomic E-state index is 12.9. The fourth-order valence-electron chi connectivity index (χ4n) is 3.63. The molecular weight excluding hydrogens is 384 g/mol. The van der Waals surface area contributed by atoms with Crippen LogP contribution in [0.1, 0.15) is 29.7 Å². The smallest absolute Gasteiger partial charge is 0.243 e. The SMILES string of the molecule is COc1cc(-c2ccc(C)s2)cc2c1OCCN(C(=O)C1(N)CCC1)C2.Cl. The summed E-state index contributed by atoms with van der Waals surface area (Å²) in [6.45, 7) is 3.59. The van der Waals surface area contributed by atoms with E-state index in [1.54, 1.807) is 18.4 Å². The average molecular weight is 409 g/mol. The molecule has 1 amide bonds. The number of halogens is 1. The van der Waals surface area contributed by atoms with Gasteiger partial charge in [0.25, 0.3) is 0 Å². The topological polar surface area (TPSA) is 64.8 Å². The highest BCUT2D eigenvalue weighted by molar-refractivity contribution is 7.15. The Balaban J connectivity index is 0.00000210. The highest BCUT2D eigenvalue weighted by Crippen LogP contribution is 2.40. The Labute approximate surface area is 169 Å². The van der Waals surface area contributed by atoms with Crippen LogP contribution in [0.25, 0.3) is 10.4 Å². The van der Waals surface area contributed by atoms with Crippen molar-refractivity contribution in [3.63, 3.8) is 0 Å². The van der Waals surface area contributed by atoms with Gasteiger partial charge in [-0.1, -0.05) is 0 Å². The standard InChI is InChI=1S/C20H24N2O3S.ClH/c1-13-4-5-17(26-13)14-10-15-12-22(19(23)20(21)6-3-7-20)8-9-25-18(15)16(11-14)24-2;/h4-5,10-11H,3,6-9,12,21H2,1-2H3;1H. The molecule has 1 aliphatic heterocycles. The van der Waals surface area contributed by atoms with Gasteiger partial charge in [-0.2, -0.15) is 0 Å². The third kappa shape index (κ3) is 3.66. The number of nitrogens with two attached hydrogens (primary N) is 1. The number of benzene rings is 1. The number of hydrogen-bond acceptors (Lipinski definition) is 5. The molecule has 0 atom stereocenters. The van der Waals surface area contributed by atoms with E-state index in [-0.39, 0.29) is 18.3 Å². The van der Waals surface area contributed by atoms with Gasteiger partial charge in [0.05, 0.1) is 19.2 Å². The summed E-state index contributed by atoms with van der Waals surface area (Å²) >= 11 is 1.74. The summed E-state index contributed by atoms with van der Waals surface area (Å²) in [5.74, 6) is 1.49. The summed E-state index contributed by atoms with van der Waals surface area (Å²) in [4.78, 5) is 17.2. The third-order valence-electron chi connectivity index (χ3n) is 5.30. The van der Waals surface area contributed by atoms with Gasteiger partial charge in [-0.3, -0.25) is 4.79 Å². The Bertz CT molecular complexity index is 848. The Morgan fingerprint density at radius 1 is 1.33 bits per heavy atom. The number of hydrogen-bond donors (Lipinski definition) is 1. The highest BCUT2D eigenvalue weighted by Gasteiger charge is 2.43. The number of carbonyl (C=O) groups is 1. The molecule has 0 spiro atoms. The quantitative estimate of drug-likeness (QED) is 0.839. The van der Waals surface area contributed by atoms with E-state index < -0.39 is 5.54 Å². The third-order valence-corrected chi connectivity index (χ3v) is 6.35. The van der Waals surface area contributed by atoms with Gasteiger partial charge >= 0.3 is 0 Å². The maximum absolute atomic E-state index is 12.9. The van der Waals surface area contributed by atoms with Crippen molar-refractivity contribution < 1.29 is 14.3 Å². The lowest BCUT2D eigenvalue weighted by Crippen LogP contribution is -2.59. The maximum Gasteiger partial charge on any atom is 0.243 e. The molecule has 7 heteroatoms. The summed E-state index contributed by atoms with van der Waals surface area (Å²) in [5, 5.41) is 0. The van der Waals surface area contributed by atoms with Crippen LogP contribution < -0.4 is 15.2 Å². The molecule has 1 aromatic carbocycles. The first kappa shape index (κ1) is 20.0. The summed E-state index contributed by atoms with van der Waals surface area (Å²) in [7, 11) is 1.65. The zero-order valence-corrected chi connectivity index (χ0v) is 17.3. The van der Waals surface area contributed by atoms with E-state index in [0.29, 0.717) is 25.4 Å². The van der Waals surface area contributed by atoms with Crippen molar-refractivity contribution in [3.8, 4) is 21.9 Å². The normalized spacial score (nSPS) is 17.7. The number of aryl methyl sites for hydroxylation is 1. The van der Waals surface area contributed by atoms with Crippen molar-refractivity contribution in [2.45, 2.75) is 38.3 Å². The molecule has 27 heavy (non-hydrogen) atoms. The average Bonchev–Trinajstić information content (AvgIpc) is 2.93. The van der Waals surface area contributed by atoms with E-state index in [1.165, 1.54) is 9.75 Å². The van der Waals surface area contributed by atoms with Gasteiger partial charge in [0.1, 0.15) is 6.61 Å². The predicted molar refractivity (Wildman–Crippen MR) is 110 cm³/mol. The summed E-state index contributed by atoms with van der Waals surface area (Å²) in [6.07, 6.45) is 2.57. The molecule has 1 aromatic heterocycles. The molecular formula is C20H25ClN2O3S. The molecule has 2 N–H and O–H groups in total. The van der Waals surface area contributed by atoms with Crippen molar-refractivity contribution in [1.29, 1.82) is 0 Å². The zero-order valence-electron chi connectivity index (χ0n) is 15.6. The van der Waals surface area contributed by atoms with Gasteiger partial charge in [-0.15, -0.1) is 23.7 Å². The predicted octanol–water partition coefficient (Wildman–Crippen LogP) is 3.76. The van der Waals surface area contributed by atoms with Crippen molar-refractivity contribution in [1.82, 2.24) is 4.90 Å². The Morgan fingerprint density at radius 2 is 2.11 bits per heavy atom. The summed E-state index contributed by atoms with van der Waals surface area (Å²) in [5.41, 5.74) is 7.65. The first-order valence-corrected chi connectivity index (χ1v) is 9.80. The van der Waals surface area contributed by atoms with Crippen molar-refractivity contribution >= 4 is 29.7 Å². The molecule has 146 valence electrons. The van der Waals surface area contributed by atoms with Gasteiger partial charge in [0, 0.05) is 21.9 Å². The summed E-state index contributed by atoms with van der Waals surface area (Å²) < 4.78 is 11.5. The molecule has 0 radical (unpaired) electrons. The molecule has 1 aliphatic carbocycles. The van der Waals surface area contributed by atoms with Crippen LogP contribution >= 0.6 is 23.7 Å². The first-order chi connectivity index (χ1) is 12.5. The van der Waals surface area contributed by atoms with E-state index in [2.05, 4.69) is 25.1 Å². The minimum Gasteiger partial charge on any atom is -0.493 e. The molecule has 1 saturated carbocycles. The lowest BCUT2D eigenvalue weighted by molar-refractivity contribution is -0.140. The van der Waals surface area contributed by atoms with Gasteiger partial charge < -0.3 is 20.1 Å². The van der Waals surface area contributed by atoms with Crippen LogP contribution in [0.5, 0.6) is 11.5 Å². The van der Waals surface area contributed by atoms with E-state index in [0.717, 1.165) is 36.1 Å². The largest absolute Gasteiger partial charge is 0.493 e. The Hall–Kier alpha value is -1.76. The lowest BCUT2D eigenvalue weighted by Gasteiger charge is -2.40. The van der Waals surface area contributed by atoms with Crippen LogP contribution in [-0.2, 0) is 11.3 Å². The Morgan fingerprint density at radius 3 is 2.70 bits per heavy atom. The minimum absolute atomic E-state index is 0. The van der Waals surface area contributed by atoms with Gasteiger partial charge in [-0.25, -0.2) is 0 Å². The second kappa shape index (κ2) is 7.70. The van der Waals surface area contributed by atoms with Crippen LogP contribution in [0, 0.1) is 6.92 Å². The number of methoxy groups -OCH3 is 1. The van der Waals surface area contributed by atoms with Gasteiger partial charge in [0.2, 0.25) is 5.91 Å². The first-order valence-electron chi connectivity index (χ1n) is 8.99. The van der Waals surface area contributed by atoms with Gasteiger partial charge in [0.15, 0.2) is 11.5 Å². The number of nitrogens with zero attached hydrogens (tertiary/aromatic N) is 1. The van der Waals surface area contributed by atoms with Crippen LogP contribution in [0.4, 0.5) is 0 Å². The van der Waals surface area contributed by atoms with E-state index in [4.69, 9.17) is 15.2 Å². The van der Waals surface area contributed by atoms with Crippen LogP contribution in [0.3, 0.4) is 0 Å². The molecule has 2 aromatic rings. The monoisotopic (exact) mass is 408 g/mol. The summed E-state index contributed by atoms with van der Waals surface area (Å²) in [6, 6.07) is 8.35. The molecule has 4 rings (SSSR count). The molecule has 2 heterocycles. The van der Waals surface area contributed by atoms with Crippen LogP contribution in [0.15, 0.2) is 24.3 Å². The number of amides is 1. The number of thiophene rings is 1. The zero-order chi connectivity index (χ0) is 18.3. The minimum atomic E-state index is -0.683. The van der Waals surface area contributed by atoms with Crippen LogP contribution in [-0.4, -0.2) is 36.6 Å². The Kier molecular flexibility index (Phi) is 5.70. The highest BCUT2D eigenvalue weighted by atomic mass is 35.5. The van der Waals surface area contributed by atoms with Gasteiger partial charge in [-0.05, 0) is 56.0 Å². The number of rotatable bonds is 3. The fraction of sp³-hybridized carbons (Fsp3) is 0.450. The van der Waals surface area contributed by atoms with Crippen molar-refractivity contribution in [2.24, 2.45) is 5.73 Å². The molecule has 2 aliphatic rings. The fourth-order valence-corrected chi connectivity index (χ4v) is 4.48. The van der Waals surface area contributed by atoms with E-state index in [1.807, 2.05) is 11.0 Å². The van der Waals surface area contributed by atoms with Crippen LogP contribution in [0.2, 0.25) is 0 Å². The number of carbonyl (C=O) groups excluding carboxylic acids is 1.